The molecule has 0 unspecified atom stereocenters. The normalized spacial score (nSPS) is 11.6. The summed E-state index contributed by atoms with van der Waals surface area (Å²) in [5, 5.41) is 9.44. The van der Waals surface area contributed by atoms with Crippen molar-refractivity contribution in [3.63, 3.8) is 0 Å². The molecule has 0 saturated carbocycles. The summed E-state index contributed by atoms with van der Waals surface area (Å²) in [4.78, 5) is 19.4. The maximum atomic E-state index is 13.7. The number of benzene rings is 2. The zero-order valence-corrected chi connectivity index (χ0v) is 23.2. The van der Waals surface area contributed by atoms with Crippen LogP contribution in [0.3, 0.4) is 0 Å². The van der Waals surface area contributed by atoms with E-state index in [1.807, 2.05) is 24.8 Å². The van der Waals surface area contributed by atoms with Gasteiger partial charge in [-0.2, -0.15) is 5.26 Å². The van der Waals surface area contributed by atoms with Crippen molar-refractivity contribution in [2.75, 3.05) is 11.4 Å². The van der Waals surface area contributed by atoms with E-state index in [2.05, 4.69) is 4.98 Å². The van der Waals surface area contributed by atoms with Gasteiger partial charge in [0.2, 0.25) is 0 Å². The van der Waals surface area contributed by atoms with E-state index in [-0.39, 0.29) is 22.4 Å². The van der Waals surface area contributed by atoms with E-state index in [0.717, 1.165) is 11.1 Å². The van der Waals surface area contributed by atoms with Crippen molar-refractivity contribution >= 4 is 41.1 Å². The number of rotatable bonds is 8. The molecule has 0 amide bonds. The predicted octanol–water partition coefficient (Wildman–Crippen LogP) is 6.75. The van der Waals surface area contributed by atoms with Gasteiger partial charge < -0.3 is 13.8 Å². The molecule has 0 aliphatic heterocycles. The summed E-state index contributed by atoms with van der Waals surface area (Å²) < 4.78 is 30.5. The number of fused-ring (bicyclic) bond motifs is 1. The van der Waals surface area contributed by atoms with Crippen molar-refractivity contribution in [2.24, 2.45) is 7.05 Å². The van der Waals surface area contributed by atoms with Crippen LogP contribution in [0.4, 0.5) is 14.5 Å². The van der Waals surface area contributed by atoms with E-state index in [9.17, 15) is 18.8 Å². The topological polar surface area (TPSA) is 65.2 Å². The first-order chi connectivity index (χ1) is 18.7. The largest absolute Gasteiger partial charge is 0.341 e. The summed E-state index contributed by atoms with van der Waals surface area (Å²) in [6.07, 6.45) is 2.48. The Morgan fingerprint density at radius 1 is 1.10 bits per heavy atom. The van der Waals surface area contributed by atoms with Gasteiger partial charge in [-0.3, -0.25) is 4.79 Å². The molecule has 0 fully saturated rings. The molecule has 2 aromatic carbocycles. The van der Waals surface area contributed by atoms with Crippen LogP contribution in [0.15, 0.2) is 77.4 Å². The molecule has 2 aromatic heterocycles. The summed E-state index contributed by atoms with van der Waals surface area (Å²) in [5.41, 5.74) is 3.30. The van der Waals surface area contributed by atoms with Gasteiger partial charge in [0.25, 0.3) is 5.56 Å². The SMILES string of the molecule is CCCN(/C(C)=C\N(S)C(c1ccc(F)cc1)c1ccc(F)cc1)c1c(Cl)c(=O)n(C)c2ccc(C#N)nc12. The summed E-state index contributed by atoms with van der Waals surface area (Å²) in [6.45, 7) is 4.32. The molecule has 6 nitrogen and oxygen atoms in total. The monoisotopic (exact) mass is 565 g/mol. The van der Waals surface area contributed by atoms with E-state index >= 15 is 0 Å². The number of aryl methyl sites for hydroxylation is 1. The molecular formula is C29H26ClF2N5OS. The Hall–Kier alpha value is -3.87. The summed E-state index contributed by atoms with van der Waals surface area (Å²) >= 11 is 11.4. The first kappa shape index (κ1) is 28.1. The van der Waals surface area contributed by atoms with Gasteiger partial charge in [-0.05, 0) is 60.9 Å². The van der Waals surface area contributed by atoms with Gasteiger partial charge in [0.15, 0.2) is 0 Å². The zero-order valence-electron chi connectivity index (χ0n) is 21.6. The van der Waals surface area contributed by atoms with Crippen LogP contribution in [0.1, 0.15) is 43.1 Å². The molecule has 0 spiro atoms. The van der Waals surface area contributed by atoms with Gasteiger partial charge in [-0.1, -0.05) is 55.6 Å². The number of aromatic nitrogens is 2. The van der Waals surface area contributed by atoms with Crippen LogP contribution in [-0.4, -0.2) is 20.4 Å². The summed E-state index contributed by atoms with van der Waals surface area (Å²) in [6, 6.07) is 16.8. The maximum absolute atomic E-state index is 13.7. The van der Waals surface area contributed by atoms with Crippen LogP contribution in [0, 0.1) is 23.0 Å². The second kappa shape index (κ2) is 11.9. The highest BCUT2D eigenvalue weighted by atomic mass is 35.5. The third-order valence-electron chi connectivity index (χ3n) is 6.37. The molecular weight excluding hydrogens is 540 g/mol. The fourth-order valence-corrected chi connectivity index (χ4v) is 5.23. The quantitative estimate of drug-likeness (QED) is 0.239. The molecule has 39 heavy (non-hydrogen) atoms. The highest BCUT2D eigenvalue weighted by Crippen LogP contribution is 2.35. The molecule has 0 atom stereocenters. The standard InChI is InChI=1S/C29H26ClF2N5OS/c1-4-15-36(28-25(30)29(38)35(3)24-14-13-23(16-33)34-26(24)28)18(2)17-37(39)27(19-5-9-21(31)10-6-19)20-7-11-22(32)12-8-20/h5-14,17,27,39H,4,15H2,1-3H3/b18-17-. The van der Waals surface area contributed by atoms with Crippen LogP contribution in [0.2, 0.25) is 5.02 Å². The van der Waals surface area contributed by atoms with Gasteiger partial charge in [-0.15, -0.1) is 0 Å². The minimum absolute atomic E-state index is 0.0203. The van der Waals surface area contributed by atoms with E-state index in [1.54, 1.807) is 54.0 Å². The molecule has 4 rings (SSSR count). The Balaban J connectivity index is 1.87. The van der Waals surface area contributed by atoms with Gasteiger partial charge in [0.05, 0.1) is 17.2 Å². The minimum atomic E-state index is -0.493. The number of hydrogen-bond acceptors (Lipinski definition) is 6. The molecule has 4 aromatic rings. The van der Waals surface area contributed by atoms with Crippen LogP contribution in [-0.2, 0) is 7.05 Å². The number of nitriles is 1. The average molecular weight is 566 g/mol. The van der Waals surface area contributed by atoms with E-state index in [1.165, 1.54) is 28.8 Å². The Bertz CT molecular complexity index is 1590. The highest BCUT2D eigenvalue weighted by Gasteiger charge is 2.24. The Morgan fingerprint density at radius 2 is 1.67 bits per heavy atom. The lowest BCUT2D eigenvalue weighted by Crippen LogP contribution is -2.29. The van der Waals surface area contributed by atoms with Crippen molar-refractivity contribution in [3.05, 3.63) is 116 Å². The highest BCUT2D eigenvalue weighted by molar-refractivity contribution is 7.77. The third-order valence-corrected chi connectivity index (χ3v) is 7.06. The van der Waals surface area contributed by atoms with Crippen molar-refractivity contribution in [1.29, 1.82) is 5.26 Å². The number of pyridine rings is 2. The lowest BCUT2D eigenvalue weighted by molar-refractivity contribution is 0.522. The number of thiol groups is 1. The van der Waals surface area contributed by atoms with E-state index in [0.29, 0.717) is 35.4 Å². The molecule has 200 valence electrons. The first-order valence-electron chi connectivity index (χ1n) is 12.2. The molecule has 0 bridgehead atoms. The van der Waals surface area contributed by atoms with Crippen molar-refractivity contribution in [1.82, 2.24) is 13.9 Å². The number of nitrogens with zero attached hydrogens (tertiary/aromatic N) is 5. The average Bonchev–Trinajstić information content (AvgIpc) is 2.93. The fourth-order valence-electron chi connectivity index (χ4n) is 4.48. The lowest BCUT2D eigenvalue weighted by atomic mass is 9.98. The van der Waals surface area contributed by atoms with Gasteiger partial charge in [0, 0.05) is 25.5 Å². The Kier molecular flexibility index (Phi) is 8.58. The first-order valence-corrected chi connectivity index (χ1v) is 13.0. The molecule has 2 heterocycles. The predicted molar refractivity (Wildman–Crippen MR) is 154 cm³/mol. The third kappa shape index (κ3) is 5.77. The van der Waals surface area contributed by atoms with Crippen LogP contribution in [0.5, 0.6) is 0 Å². The van der Waals surface area contributed by atoms with Crippen LogP contribution in [0.25, 0.3) is 11.0 Å². The summed E-state index contributed by atoms with van der Waals surface area (Å²) in [7, 11) is 1.60. The van der Waals surface area contributed by atoms with Gasteiger partial charge >= 0.3 is 0 Å². The van der Waals surface area contributed by atoms with Crippen LogP contribution >= 0.6 is 24.4 Å². The van der Waals surface area contributed by atoms with Crippen molar-refractivity contribution < 1.29 is 8.78 Å². The van der Waals surface area contributed by atoms with Gasteiger partial charge in [0.1, 0.15) is 33.9 Å². The molecule has 10 heteroatoms. The van der Waals surface area contributed by atoms with Gasteiger partial charge in [-0.25, -0.2) is 13.8 Å². The zero-order chi connectivity index (χ0) is 28.3. The number of allylic oxidation sites excluding steroid dienone is 1. The molecule has 0 aliphatic carbocycles. The Morgan fingerprint density at radius 3 is 2.18 bits per heavy atom. The van der Waals surface area contributed by atoms with Crippen LogP contribution < -0.4 is 10.5 Å². The minimum Gasteiger partial charge on any atom is -0.341 e. The number of hydrogen-bond donors (Lipinski definition) is 1. The molecule has 0 aliphatic rings. The number of halogens is 3. The molecule has 0 radical (unpaired) electrons. The smallest absolute Gasteiger partial charge is 0.271 e. The second-order valence-electron chi connectivity index (χ2n) is 9.01. The summed E-state index contributed by atoms with van der Waals surface area (Å²) in [5.74, 6) is -0.751. The fraction of sp³-hybridized carbons (Fsp3) is 0.207. The maximum Gasteiger partial charge on any atom is 0.271 e. The van der Waals surface area contributed by atoms with E-state index < -0.39 is 11.6 Å². The van der Waals surface area contributed by atoms with E-state index in [4.69, 9.17) is 24.4 Å². The van der Waals surface area contributed by atoms with Crippen molar-refractivity contribution in [2.45, 2.75) is 26.3 Å². The van der Waals surface area contributed by atoms with Crippen molar-refractivity contribution in [3.8, 4) is 6.07 Å². The Labute approximate surface area is 235 Å². The second-order valence-corrected chi connectivity index (χ2v) is 9.85. The molecule has 0 saturated heterocycles. The molecule has 0 N–H and O–H groups in total. The number of anilines is 1. The lowest BCUT2D eigenvalue weighted by Gasteiger charge is -2.31.